The van der Waals surface area contributed by atoms with E-state index in [2.05, 4.69) is 26.0 Å². The van der Waals surface area contributed by atoms with Crippen LogP contribution in [0, 0.1) is 0 Å². The molecule has 0 radical (unpaired) electrons. The second kappa shape index (κ2) is 5.02. The van der Waals surface area contributed by atoms with Gasteiger partial charge in [0.2, 0.25) is 0 Å². The van der Waals surface area contributed by atoms with Gasteiger partial charge in [0.05, 0.1) is 12.2 Å². The van der Waals surface area contributed by atoms with Gasteiger partial charge in [0.25, 0.3) is 0 Å². The van der Waals surface area contributed by atoms with Crippen molar-refractivity contribution in [2.75, 3.05) is 18.0 Å². The molecule has 0 amide bonds. The smallest absolute Gasteiger partial charge is 0.171 e. The van der Waals surface area contributed by atoms with Gasteiger partial charge in [-0.1, -0.05) is 5.16 Å². The van der Waals surface area contributed by atoms with Crippen molar-refractivity contribution < 1.29 is 9.94 Å². The fourth-order valence-electron chi connectivity index (χ4n) is 2.79. The van der Waals surface area contributed by atoms with Crippen molar-refractivity contribution in [2.24, 2.45) is 10.9 Å². The van der Waals surface area contributed by atoms with Crippen molar-refractivity contribution in [2.45, 2.75) is 25.0 Å². The molecule has 2 saturated heterocycles. The summed E-state index contributed by atoms with van der Waals surface area (Å²) >= 11 is 3.47. The van der Waals surface area contributed by atoms with E-state index >= 15 is 0 Å². The Hall–Kier alpha value is -1.27. The predicted molar refractivity (Wildman–Crippen MR) is 76.8 cm³/mol. The zero-order chi connectivity index (χ0) is 13.4. The summed E-state index contributed by atoms with van der Waals surface area (Å²) in [6.07, 6.45) is 3.04. The monoisotopic (exact) mass is 325 g/mol. The molecule has 2 bridgehead atoms. The van der Waals surface area contributed by atoms with E-state index in [1.807, 2.05) is 18.2 Å². The highest BCUT2D eigenvalue weighted by atomic mass is 79.9. The number of hydrogen-bond donors (Lipinski definition) is 2. The fraction of sp³-hybridized carbons (Fsp3) is 0.462. The summed E-state index contributed by atoms with van der Waals surface area (Å²) in [6, 6.07) is 5.88. The lowest BCUT2D eigenvalue weighted by Gasteiger charge is -2.34. The summed E-state index contributed by atoms with van der Waals surface area (Å²) in [5.74, 6) is 0.112. The maximum absolute atomic E-state index is 8.72. The molecule has 2 aliphatic rings. The van der Waals surface area contributed by atoms with E-state index in [-0.39, 0.29) is 5.84 Å². The number of amidine groups is 1. The number of halogens is 1. The summed E-state index contributed by atoms with van der Waals surface area (Å²) in [5, 5.41) is 11.8. The van der Waals surface area contributed by atoms with Crippen LogP contribution < -0.4 is 10.6 Å². The van der Waals surface area contributed by atoms with Gasteiger partial charge in [-0.15, -0.1) is 0 Å². The van der Waals surface area contributed by atoms with Crippen LogP contribution in [0.15, 0.2) is 27.8 Å². The SMILES string of the molecule is N/C(=N/O)c1ccc(N2CC3CCC(C2)O3)cc1Br. The lowest BCUT2D eigenvalue weighted by molar-refractivity contribution is 0.0305. The van der Waals surface area contributed by atoms with Gasteiger partial charge in [0.15, 0.2) is 5.84 Å². The number of rotatable bonds is 2. The summed E-state index contributed by atoms with van der Waals surface area (Å²) < 4.78 is 6.67. The fourth-order valence-corrected chi connectivity index (χ4v) is 3.36. The molecule has 2 atom stereocenters. The van der Waals surface area contributed by atoms with Crippen LogP contribution in [0.25, 0.3) is 0 Å². The lowest BCUT2D eigenvalue weighted by Crippen LogP contribution is -2.42. The summed E-state index contributed by atoms with van der Waals surface area (Å²) in [6.45, 7) is 1.87. The third kappa shape index (κ3) is 2.42. The maximum Gasteiger partial charge on any atom is 0.171 e. The molecule has 1 aromatic rings. The molecule has 0 spiro atoms. The van der Waals surface area contributed by atoms with E-state index < -0.39 is 0 Å². The molecule has 1 aromatic carbocycles. The Morgan fingerprint density at radius 1 is 1.37 bits per heavy atom. The standard InChI is InChI=1S/C13H16BrN3O2/c14-12-5-8(1-4-11(12)13(15)16-18)17-6-9-2-3-10(7-17)19-9/h1,4-5,9-10,18H,2-3,6-7H2,(H2,15,16). The van der Waals surface area contributed by atoms with Gasteiger partial charge in [-0.05, 0) is 47.0 Å². The summed E-state index contributed by atoms with van der Waals surface area (Å²) in [5.41, 5.74) is 7.45. The molecule has 6 heteroatoms. The Morgan fingerprint density at radius 3 is 2.63 bits per heavy atom. The van der Waals surface area contributed by atoms with Crippen LogP contribution >= 0.6 is 15.9 Å². The number of oxime groups is 1. The van der Waals surface area contributed by atoms with Gasteiger partial charge in [-0.2, -0.15) is 0 Å². The van der Waals surface area contributed by atoms with Gasteiger partial charge in [-0.25, -0.2) is 0 Å². The average molecular weight is 326 g/mol. The lowest BCUT2D eigenvalue weighted by atomic mass is 10.1. The number of hydrogen-bond acceptors (Lipinski definition) is 4. The van der Waals surface area contributed by atoms with Crippen molar-refractivity contribution in [1.82, 2.24) is 0 Å². The molecule has 2 unspecified atom stereocenters. The molecule has 102 valence electrons. The first-order valence-electron chi connectivity index (χ1n) is 6.35. The summed E-state index contributed by atoms with van der Waals surface area (Å²) in [4.78, 5) is 2.34. The zero-order valence-corrected chi connectivity index (χ0v) is 12.0. The van der Waals surface area contributed by atoms with Crippen molar-refractivity contribution in [3.05, 3.63) is 28.2 Å². The van der Waals surface area contributed by atoms with E-state index in [1.165, 1.54) is 0 Å². The molecule has 2 heterocycles. The molecule has 3 N–H and O–H groups in total. The molecule has 0 aromatic heterocycles. The molecule has 0 aliphatic carbocycles. The van der Waals surface area contributed by atoms with Crippen LogP contribution in [0.2, 0.25) is 0 Å². The van der Waals surface area contributed by atoms with Crippen LogP contribution in [0.1, 0.15) is 18.4 Å². The van der Waals surface area contributed by atoms with E-state index in [0.29, 0.717) is 17.8 Å². The van der Waals surface area contributed by atoms with Gasteiger partial charge in [0.1, 0.15) is 0 Å². The minimum Gasteiger partial charge on any atom is -0.409 e. The van der Waals surface area contributed by atoms with Crippen molar-refractivity contribution in [3.63, 3.8) is 0 Å². The second-order valence-corrected chi connectivity index (χ2v) is 5.87. The maximum atomic E-state index is 8.72. The first-order valence-corrected chi connectivity index (χ1v) is 7.14. The predicted octanol–water partition coefficient (Wildman–Crippen LogP) is 1.91. The first kappa shape index (κ1) is 12.7. The third-order valence-corrected chi connectivity index (χ3v) is 4.40. The molecule has 0 saturated carbocycles. The molecule has 2 aliphatic heterocycles. The van der Waals surface area contributed by atoms with Crippen LogP contribution in [0.3, 0.4) is 0 Å². The minimum absolute atomic E-state index is 0.112. The molecule has 2 fully saturated rings. The average Bonchev–Trinajstić information content (AvgIpc) is 2.76. The number of ether oxygens (including phenoxy) is 1. The number of fused-ring (bicyclic) bond motifs is 2. The largest absolute Gasteiger partial charge is 0.409 e. The Kier molecular flexibility index (Phi) is 3.36. The first-order chi connectivity index (χ1) is 9.17. The second-order valence-electron chi connectivity index (χ2n) is 5.01. The number of nitrogens with two attached hydrogens (primary N) is 1. The number of nitrogens with zero attached hydrogens (tertiary/aromatic N) is 2. The third-order valence-electron chi connectivity index (χ3n) is 3.75. The zero-order valence-electron chi connectivity index (χ0n) is 10.4. The quantitative estimate of drug-likeness (QED) is 0.377. The normalized spacial score (nSPS) is 26.8. The Labute approximate surface area is 120 Å². The Morgan fingerprint density at radius 2 is 2.05 bits per heavy atom. The highest BCUT2D eigenvalue weighted by Crippen LogP contribution is 2.31. The summed E-state index contributed by atoms with van der Waals surface area (Å²) in [7, 11) is 0. The van der Waals surface area contributed by atoms with E-state index in [1.54, 1.807) is 0 Å². The van der Waals surface area contributed by atoms with Gasteiger partial charge in [-0.3, -0.25) is 0 Å². The topological polar surface area (TPSA) is 71.1 Å². The van der Waals surface area contributed by atoms with Gasteiger partial charge >= 0.3 is 0 Å². The Balaban J connectivity index is 1.84. The molecule has 3 rings (SSSR count). The number of morpholine rings is 1. The van der Waals surface area contributed by atoms with Crippen LogP contribution in [0.5, 0.6) is 0 Å². The molecule has 5 nitrogen and oxygen atoms in total. The van der Waals surface area contributed by atoms with Gasteiger partial charge in [0, 0.05) is 28.8 Å². The van der Waals surface area contributed by atoms with Crippen molar-refractivity contribution in [1.29, 1.82) is 0 Å². The molecular formula is C13H16BrN3O2. The molecule has 19 heavy (non-hydrogen) atoms. The van der Waals surface area contributed by atoms with Crippen molar-refractivity contribution in [3.8, 4) is 0 Å². The van der Waals surface area contributed by atoms with Crippen molar-refractivity contribution >= 4 is 27.5 Å². The van der Waals surface area contributed by atoms with Crippen LogP contribution in [-0.2, 0) is 4.74 Å². The minimum atomic E-state index is 0.112. The highest BCUT2D eigenvalue weighted by molar-refractivity contribution is 9.10. The van der Waals surface area contributed by atoms with Gasteiger partial charge < -0.3 is 20.6 Å². The highest BCUT2D eigenvalue weighted by Gasteiger charge is 2.33. The van der Waals surface area contributed by atoms with Crippen LogP contribution in [-0.4, -0.2) is 36.3 Å². The number of anilines is 1. The van der Waals surface area contributed by atoms with E-state index in [0.717, 1.165) is 36.1 Å². The number of benzene rings is 1. The van der Waals surface area contributed by atoms with E-state index in [9.17, 15) is 0 Å². The van der Waals surface area contributed by atoms with E-state index in [4.69, 9.17) is 15.7 Å². The van der Waals surface area contributed by atoms with Crippen LogP contribution in [0.4, 0.5) is 5.69 Å². The molecular weight excluding hydrogens is 310 g/mol. The Bertz CT molecular complexity index is 509.